The first-order valence-corrected chi connectivity index (χ1v) is 14.0. The first kappa shape index (κ1) is 30.7. The average molecular weight is 598 g/mol. The summed E-state index contributed by atoms with van der Waals surface area (Å²) in [5, 5.41) is 50.0. The van der Waals surface area contributed by atoms with Crippen LogP contribution >= 0.6 is 0 Å². The second-order valence-electron chi connectivity index (χ2n) is 11.0. The van der Waals surface area contributed by atoms with Crippen LogP contribution in [0.2, 0.25) is 0 Å². The van der Waals surface area contributed by atoms with Crippen LogP contribution in [0, 0.1) is 29.9 Å². The molecule has 1 amide bonds. The van der Waals surface area contributed by atoms with Crippen LogP contribution < -0.4 is 4.90 Å². The second kappa shape index (κ2) is 12.8. The monoisotopic (exact) mass is 597 g/mol. The van der Waals surface area contributed by atoms with Crippen molar-refractivity contribution in [2.75, 3.05) is 18.6 Å². The summed E-state index contributed by atoms with van der Waals surface area (Å²) in [4.78, 5) is 15.9. The fraction of sp³-hybridized carbons (Fsp3) is 0.467. The summed E-state index contributed by atoms with van der Waals surface area (Å²) in [5.41, 5.74) is 1.67. The summed E-state index contributed by atoms with van der Waals surface area (Å²) in [6.07, 6.45) is -2.17. The van der Waals surface area contributed by atoms with Gasteiger partial charge in [-0.25, -0.2) is 13.5 Å². The van der Waals surface area contributed by atoms with E-state index < -0.39 is 66.8 Å². The van der Waals surface area contributed by atoms with E-state index in [2.05, 4.69) is 16.4 Å². The Balaban J connectivity index is 1.56. The van der Waals surface area contributed by atoms with Gasteiger partial charge in [0, 0.05) is 24.4 Å². The lowest BCUT2D eigenvalue weighted by molar-refractivity contribution is -0.211. The Hall–Kier alpha value is -3.80. The number of hydrogen-bond donors (Lipinski definition) is 3. The molecule has 0 radical (unpaired) electrons. The predicted molar refractivity (Wildman–Crippen MR) is 149 cm³/mol. The van der Waals surface area contributed by atoms with E-state index in [0.29, 0.717) is 24.1 Å². The molecule has 2 aliphatic rings. The molecule has 43 heavy (non-hydrogen) atoms. The van der Waals surface area contributed by atoms with Crippen LogP contribution in [0.25, 0.3) is 11.3 Å². The molecule has 1 aliphatic heterocycles. The Kier molecular flexibility index (Phi) is 9.14. The van der Waals surface area contributed by atoms with Gasteiger partial charge in [0.15, 0.2) is 6.10 Å². The molecule has 3 N–H and O–H groups in total. The van der Waals surface area contributed by atoms with Crippen molar-refractivity contribution in [3.63, 3.8) is 0 Å². The highest BCUT2D eigenvalue weighted by atomic mass is 19.1. The van der Waals surface area contributed by atoms with Crippen LogP contribution in [-0.4, -0.2) is 86.5 Å². The zero-order chi connectivity index (χ0) is 30.8. The van der Waals surface area contributed by atoms with E-state index in [-0.39, 0.29) is 11.3 Å². The third-order valence-corrected chi connectivity index (χ3v) is 8.09. The molecule has 11 nitrogen and oxygen atoms in total. The Bertz CT molecular complexity index is 1490. The number of anilines is 1. The van der Waals surface area contributed by atoms with Gasteiger partial charge in [-0.15, -0.1) is 5.10 Å². The number of carbonyl (C=O) groups excluding carboxylic acids is 1. The van der Waals surface area contributed by atoms with Crippen molar-refractivity contribution in [2.24, 2.45) is 0 Å². The number of hydrogen-bond acceptors (Lipinski definition) is 9. The van der Waals surface area contributed by atoms with Gasteiger partial charge < -0.3 is 29.7 Å². The lowest BCUT2D eigenvalue weighted by Gasteiger charge is -2.46. The van der Waals surface area contributed by atoms with Crippen molar-refractivity contribution in [1.29, 1.82) is 5.26 Å². The number of rotatable bonds is 7. The number of benzene rings is 2. The van der Waals surface area contributed by atoms with Gasteiger partial charge in [-0.3, -0.25) is 4.79 Å². The van der Waals surface area contributed by atoms with E-state index in [1.807, 2.05) is 0 Å². The van der Waals surface area contributed by atoms with E-state index >= 15 is 0 Å². The van der Waals surface area contributed by atoms with Crippen LogP contribution in [0.1, 0.15) is 42.9 Å². The number of aliphatic hydroxyl groups is 3. The molecule has 7 atom stereocenters. The summed E-state index contributed by atoms with van der Waals surface area (Å²) in [7, 11) is 1.33. The summed E-state index contributed by atoms with van der Waals surface area (Å²) >= 11 is 0. The van der Waals surface area contributed by atoms with E-state index in [4.69, 9.17) is 9.47 Å². The minimum Gasteiger partial charge on any atom is -0.394 e. The average Bonchev–Trinajstić information content (AvgIpc) is 3.47. The van der Waals surface area contributed by atoms with Gasteiger partial charge >= 0.3 is 0 Å². The van der Waals surface area contributed by atoms with Gasteiger partial charge in [-0.1, -0.05) is 18.1 Å². The van der Waals surface area contributed by atoms with Crippen LogP contribution in [-0.2, 0) is 14.3 Å². The Morgan fingerprint density at radius 2 is 1.88 bits per heavy atom. The molecular weight excluding hydrogens is 564 g/mol. The van der Waals surface area contributed by atoms with Crippen LogP contribution in [0.3, 0.4) is 0 Å². The maximum Gasteiger partial charge on any atom is 0.259 e. The molecule has 3 aromatic rings. The molecule has 228 valence electrons. The Morgan fingerprint density at radius 1 is 1.16 bits per heavy atom. The number of ether oxygens (including phenoxy) is 2. The first-order valence-electron chi connectivity index (χ1n) is 14.0. The largest absolute Gasteiger partial charge is 0.394 e. The van der Waals surface area contributed by atoms with E-state index in [1.165, 1.54) is 22.9 Å². The lowest BCUT2D eigenvalue weighted by atomic mass is 9.88. The maximum atomic E-state index is 14.5. The van der Waals surface area contributed by atoms with Crippen LogP contribution in [0.15, 0.2) is 42.6 Å². The van der Waals surface area contributed by atoms with Crippen LogP contribution in [0.5, 0.6) is 0 Å². The standard InChI is InChI=1S/C30H33F2N5O6/c1-16-7-17(13-33)9-21(8-16)37(23-5-3-4-6-24(23)39)30(41)29-28(42-2)26(27(40)25(15-38)43-29)36-14-22(34-35-36)18-10-19(31)12-20(32)11-18/h7-12,14,23-29,38-40H,3-6,15H2,1-2H3/t23-,24-,25?,26?,27?,28?,29?/m0/s1. The lowest BCUT2D eigenvalue weighted by Crippen LogP contribution is -2.63. The SMILES string of the molecule is COC1C(C(=O)N(c2cc(C)cc(C#N)c2)[C@H]2CCCC[C@@H]2O)OC(CO)C(O)C1n1cc(-c2cc(F)cc(F)c2)nn1. The topological polar surface area (TPSA) is 154 Å². The van der Waals surface area contributed by atoms with Gasteiger partial charge in [-0.05, 0) is 55.7 Å². The van der Waals surface area contributed by atoms with Crippen molar-refractivity contribution in [3.8, 4) is 17.3 Å². The molecule has 13 heteroatoms. The highest BCUT2D eigenvalue weighted by molar-refractivity contribution is 5.98. The fourth-order valence-corrected chi connectivity index (χ4v) is 6.09. The Morgan fingerprint density at radius 3 is 2.53 bits per heavy atom. The predicted octanol–water partition coefficient (Wildman–Crippen LogP) is 2.42. The number of aryl methyl sites for hydroxylation is 1. The first-order chi connectivity index (χ1) is 20.6. The van der Waals surface area contributed by atoms with Crippen molar-refractivity contribution in [3.05, 3.63) is 65.4 Å². The molecule has 0 spiro atoms. The number of nitriles is 1. The van der Waals surface area contributed by atoms with Gasteiger partial charge in [-0.2, -0.15) is 5.26 Å². The van der Waals surface area contributed by atoms with E-state index in [9.17, 15) is 34.2 Å². The van der Waals surface area contributed by atoms with Gasteiger partial charge in [0.1, 0.15) is 41.7 Å². The zero-order valence-electron chi connectivity index (χ0n) is 23.7. The molecule has 0 bridgehead atoms. The fourth-order valence-electron chi connectivity index (χ4n) is 6.09. The molecule has 1 saturated heterocycles. The molecule has 2 fully saturated rings. The van der Waals surface area contributed by atoms with Gasteiger partial charge in [0.05, 0.1) is 36.6 Å². The number of aromatic nitrogens is 3. The van der Waals surface area contributed by atoms with Crippen molar-refractivity contribution >= 4 is 11.6 Å². The molecular formula is C30H33F2N5O6. The number of methoxy groups -OCH3 is 1. The number of carbonyl (C=O) groups is 1. The van der Waals surface area contributed by atoms with E-state index in [0.717, 1.165) is 36.6 Å². The van der Waals surface area contributed by atoms with Crippen molar-refractivity contribution < 1.29 is 38.4 Å². The smallest absolute Gasteiger partial charge is 0.259 e. The highest BCUT2D eigenvalue weighted by Crippen LogP contribution is 2.37. The highest BCUT2D eigenvalue weighted by Gasteiger charge is 2.52. The molecule has 2 aromatic carbocycles. The zero-order valence-corrected chi connectivity index (χ0v) is 23.7. The molecule has 1 saturated carbocycles. The minimum atomic E-state index is -1.42. The normalized spacial score (nSPS) is 27.4. The molecule has 5 rings (SSSR count). The van der Waals surface area contributed by atoms with E-state index in [1.54, 1.807) is 25.1 Å². The number of halogens is 2. The maximum absolute atomic E-state index is 14.5. The summed E-state index contributed by atoms with van der Waals surface area (Å²) in [5.74, 6) is -2.22. The number of nitrogens with zero attached hydrogens (tertiary/aromatic N) is 5. The molecule has 5 unspecified atom stereocenters. The minimum absolute atomic E-state index is 0.103. The Labute approximate surface area is 246 Å². The van der Waals surface area contributed by atoms with Gasteiger partial charge in [0.25, 0.3) is 5.91 Å². The molecule has 1 aromatic heterocycles. The summed E-state index contributed by atoms with van der Waals surface area (Å²) in [6.45, 7) is 1.14. The number of aliphatic hydroxyl groups excluding tert-OH is 3. The van der Waals surface area contributed by atoms with Crippen molar-refractivity contribution in [2.45, 2.75) is 75.2 Å². The van der Waals surface area contributed by atoms with Crippen LogP contribution in [0.4, 0.5) is 14.5 Å². The molecule has 2 heterocycles. The third kappa shape index (κ3) is 6.15. The second-order valence-corrected chi connectivity index (χ2v) is 11.0. The quantitative estimate of drug-likeness (QED) is 0.373. The third-order valence-electron chi connectivity index (χ3n) is 8.09. The number of amides is 1. The molecule has 1 aliphatic carbocycles. The summed E-state index contributed by atoms with van der Waals surface area (Å²) in [6, 6.07) is 8.23. The van der Waals surface area contributed by atoms with Gasteiger partial charge in [0.2, 0.25) is 0 Å². The summed E-state index contributed by atoms with van der Waals surface area (Å²) < 4.78 is 40.7. The van der Waals surface area contributed by atoms with Crippen molar-refractivity contribution in [1.82, 2.24) is 15.0 Å².